The molecule has 0 aromatic heterocycles. The van der Waals surface area contributed by atoms with E-state index in [0.717, 1.165) is 29.9 Å². The number of halogens is 1. The fraction of sp³-hybridized carbons (Fsp3) is 0.417. The van der Waals surface area contributed by atoms with Crippen molar-refractivity contribution < 1.29 is 23.5 Å². The van der Waals surface area contributed by atoms with Gasteiger partial charge in [0.15, 0.2) is 11.5 Å². The lowest BCUT2D eigenvalue weighted by atomic mass is 9.98. The highest BCUT2D eigenvalue weighted by atomic mass is 19.1. The Labute approximate surface area is 192 Å². The zero-order chi connectivity index (χ0) is 23.0. The van der Waals surface area contributed by atoms with Gasteiger partial charge in [0.1, 0.15) is 19.0 Å². The number of carbonyl (C=O) groups is 2. The maximum absolute atomic E-state index is 13.2. The molecule has 4 amide bonds. The predicted octanol–water partition coefficient (Wildman–Crippen LogP) is 3.38. The SMILES string of the molecule is O=C(NCC1CCCN(C(=O)NCCc2ccc3c(c2)OCCO3)C1)Nc1cccc(F)c1. The first-order valence-electron chi connectivity index (χ1n) is 11.3. The topological polar surface area (TPSA) is 91.9 Å². The summed E-state index contributed by atoms with van der Waals surface area (Å²) in [6, 6.07) is 11.1. The standard InChI is InChI=1S/C24H29FN4O4/c25-19-4-1-5-20(14-19)28-23(30)27-15-18-3-2-10-29(16-18)24(31)26-9-8-17-6-7-21-22(13-17)33-12-11-32-21/h1,4-7,13-14,18H,2-3,8-12,15-16H2,(H,26,31)(H2,27,28,30). The van der Waals surface area contributed by atoms with E-state index >= 15 is 0 Å². The summed E-state index contributed by atoms with van der Waals surface area (Å²) in [6.07, 6.45) is 2.51. The molecular weight excluding hydrogens is 427 g/mol. The summed E-state index contributed by atoms with van der Waals surface area (Å²) in [7, 11) is 0. The number of carbonyl (C=O) groups excluding carboxylic acids is 2. The number of nitrogens with one attached hydrogen (secondary N) is 3. The Morgan fingerprint density at radius 3 is 2.76 bits per heavy atom. The molecule has 2 aliphatic heterocycles. The van der Waals surface area contributed by atoms with Crippen LogP contribution in [0.4, 0.5) is 19.7 Å². The zero-order valence-corrected chi connectivity index (χ0v) is 18.4. The second kappa shape index (κ2) is 10.9. The Morgan fingerprint density at radius 2 is 1.91 bits per heavy atom. The van der Waals surface area contributed by atoms with E-state index in [0.29, 0.717) is 51.5 Å². The third-order valence-electron chi connectivity index (χ3n) is 5.74. The van der Waals surface area contributed by atoms with Gasteiger partial charge in [0, 0.05) is 31.9 Å². The van der Waals surface area contributed by atoms with Gasteiger partial charge in [0.2, 0.25) is 0 Å². The Hall–Kier alpha value is -3.49. The Kier molecular flexibility index (Phi) is 7.49. The van der Waals surface area contributed by atoms with Crippen LogP contribution in [0.15, 0.2) is 42.5 Å². The van der Waals surface area contributed by atoms with E-state index in [1.165, 1.54) is 18.2 Å². The molecule has 176 valence electrons. The van der Waals surface area contributed by atoms with Crippen molar-refractivity contribution in [3.05, 3.63) is 53.8 Å². The minimum Gasteiger partial charge on any atom is -0.486 e. The molecule has 3 N–H and O–H groups in total. The van der Waals surface area contributed by atoms with Crippen molar-refractivity contribution in [3.8, 4) is 11.5 Å². The second-order valence-electron chi connectivity index (χ2n) is 8.26. The molecule has 1 atom stereocenters. The van der Waals surface area contributed by atoms with Gasteiger partial charge in [-0.3, -0.25) is 0 Å². The van der Waals surface area contributed by atoms with E-state index in [-0.39, 0.29) is 18.0 Å². The van der Waals surface area contributed by atoms with Gasteiger partial charge >= 0.3 is 12.1 Å². The lowest BCUT2D eigenvalue weighted by Crippen LogP contribution is -2.48. The van der Waals surface area contributed by atoms with Crippen LogP contribution in [0, 0.1) is 11.7 Å². The fourth-order valence-electron chi connectivity index (χ4n) is 4.06. The van der Waals surface area contributed by atoms with Gasteiger partial charge in [0.05, 0.1) is 0 Å². The van der Waals surface area contributed by atoms with E-state index in [1.807, 2.05) is 18.2 Å². The van der Waals surface area contributed by atoms with E-state index in [4.69, 9.17) is 9.47 Å². The average molecular weight is 457 g/mol. The number of fused-ring (bicyclic) bond motifs is 1. The summed E-state index contributed by atoms with van der Waals surface area (Å²) >= 11 is 0. The van der Waals surface area contributed by atoms with Crippen LogP contribution in [-0.2, 0) is 6.42 Å². The van der Waals surface area contributed by atoms with E-state index in [1.54, 1.807) is 11.0 Å². The minimum atomic E-state index is -0.407. The highest BCUT2D eigenvalue weighted by Crippen LogP contribution is 2.30. The molecule has 0 spiro atoms. The van der Waals surface area contributed by atoms with Gasteiger partial charge in [-0.2, -0.15) is 0 Å². The number of ether oxygens (including phenoxy) is 2. The summed E-state index contributed by atoms with van der Waals surface area (Å²) in [5.41, 5.74) is 1.47. The van der Waals surface area contributed by atoms with Crippen LogP contribution < -0.4 is 25.4 Å². The summed E-state index contributed by atoms with van der Waals surface area (Å²) in [6.45, 7) is 3.35. The summed E-state index contributed by atoms with van der Waals surface area (Å²) in [5.74, 6) is 1.26. The molecule has 0 bridgehead atoms. The average Bonchev–Trinajstić information content (AvgIpc) is 2.83. The summed E-state index contributed by atoms with van der Waals surface area (Å²) in [4.78, 5) is 26.5. The molecule has 33 heavy (non-hydrogen) atoms. The van der Waals surface area contributed by atoms with Crippen LogP contribution in [0.3, 0.4) is 0 Å². The number of urea groups is 2. The molecule has 0 saturated carbocycles. The fourth-order valence-corrected chi connectivity index (χ4v) is 4.06. The lowest BCUT2D eigenvalue weighted by molar-refractivity contribution is 0.165. The first-order valence-corrected chi connectivity index (χ1v) is 11.3. The Bertz CT molecular complexity index is 987. The molecule has 2 aromatic rings. The maximum atomic E-state index is 13.2. The van der Waals surface area contributed by atoms with E-state index in [9.17, 15) is 14.0 Å². The third-order valence-corrected chi connectivity index (χ3v) is 5.74. The van der Waals surface area contributed by atoms with Crippen LogP contribution in [0.25, 0.3) is 0 Å². The number of hydrogen-bond acceptors (Lipinski definition) is 4. The first kappa shape index (κ1) is 22.7. The molecule has 1 fully saturated rings. The number of likely N-dealkylation sites (tertiary alicyclic amines) is 1. The maximum Gasteiger partial charge on any atom is 0.319 e. The molecule has 8 nitrogen and oxygen atoms in total. The zero-order valence-electron chi connectivity index (χ0n) is 18.4. The van der Waals surface area contributed by atoms with Gasteiger partial charge in [-0.1, -0.05) is 12.1 Å². The molecule has 9 heteroatoms. The second-order valence-corrected chi connectivity index (χ2v) is 8.26. The van der Waals surface area contributed by atoms with Crippen molar-refractivity contribution in [1.82, 2.24) is 15.5 Å². The number of piperidine rings is 1. The molecule has 2 heterocycles. The lowest BCUT2D eigenvalue weighted by Gasteiger charge is -2.33. The van der Waals surface area contributed by atoms with Gasteiger partial charge in [-0.05, 0) is 61.1 Å². The third kappa shape index (κ3) is 6.50. The van der Waals surface area contributed by atoms with Crippen molar-refractivity contribution in [2.24, 2.45) is 5.92 Å². The first-order chi connectivity index (χ1) is 16.1. The van der Waals surface area contributed by atoms with Gasteiger partial charge in [-0.15, -0.1) is 0 Å². The van der Waals surface area contributed by atoms with Crippen LogP contribution in [-0.4, -0.2) is 56.4 Å². The molecular formula is C24H29FN4O4. The summed E-state index contributed by atoms with van der Waals surface area (Å²) in [5, 5.41) is 8.42. The van der Waals surface area contributed by atoms with Gasteiger partial charge < -0.3 is 30.3 Å². The van der Waals surface area contributed by atoms with E-state index in [2.05, 4.69) is 16.0 Å². The molecule has 4 rings (SSSR count). The van der Waals surface area contributed by atoms with Gasteiger partial charge in [-0.25, -0.2) is 14.0 Å². The van der Waals surface area contributed by atoms with Crippen LogP contribution in [0.2, 0.25) is 0 Å². The van der Waals surface area contributed by atoms with Crippen molar-refractivity contribution >= 4 is 17.7 Å². The molecule has 2 aliphatic rings. The monoisotopic (exact) mass is 456 g/mol. The quantitative estimate of drug-likeness (QED) is 0.622. The number of amides is 4. The smallest absolute Gasteiger partial charge is 0.319 e. The van der Waals surface area contributed by atoms with Crippen LogP contribution in [0.1, 0.15) is 18.4 Å². The number of nitrogens with zero attached hydrogens (tertiary/aromatic N) is 1. The highest BCUT2D eigenvalue weighted by Gasteiger charge is 2.24. The number of anilines is 1. The van der Waals surface area contributed by atoms with Gasteiger partial charge in [0.25, 0.3) is 0 Å². The van der Waals surface area contributed by atoms with E-state index < -0.39 is 5.82 Å². The molecule has 1 saturated heterocycles. The minimum absolute atomic E-state index is 0.0959. The van der Waals surface area contributed by atoms with Crippen molar-refractivity contribution in [2.45, 2.75) is 19.3 Å². The molecule has 2 aromatic carbocycles. The van der Waals surface area contributed by atoms with Crippen molar-refractivity contribution in [1.29, 1.82) is 0 Å². The number of rotatable bonds is 6. The highest BCUT2D eigenvalue weighted by molar-refractivity contribution is 5.89. The van der Waals surface area contributed by atoms with Crippen molar-refractivity contribution in [2.75, 3.05) is 44.7 Å². The number of benzene rings is 2. The number of hydrogen-bond donors (Lipinski definition) is 3. The Morgan fingerprint density at radius 1 is 1.06 bits per heavy atom. The normalized spacial score (nSPS) is 17.2. The predicted molar refractivity (Wildman–Crippen MR) is 122 cm³/mol. The van der Waals surface area contributed by atoms with Crippen molar-refractivity contribution in [3.63, 3.8) is 0 Å². The summed E-state index contributed by atoms with van der Waals surface area (Å²) < 4.78 is 24.4. The van der Waals surface area contributed by atoms with Crippen LogP contribution in [0.5, 0.6) is 11.5 Å². The Balaban J connectivity index is 1.18. The molecule has 1 unspecified atom stereocenters. The van der Waals surface area contributed by atoms with Crippen LogP contribution >= 0.6 is 0 Å². The largest absolute Gasteiger partial charge is 0.486 e. The molecule has 0 aliphatic carbocycles. The molecule has 0 radical (unpaired) electrons.